The van der Waals surface area contributed by atoms with Gasteiger partial charge in [-0.15, -0.1) is 0 Å². The number of carbonyl (C=O) groups is 1. The highest BCUT2D eigenvalue weighted by Crippen LogP contribution is 2.31. The van der Waals surface area contributed by atoms with Crippen molar-refractivity contribution in [1.29, 1.82) is 0 Å². The second kappa shape index (κ2) is 6.33. The molecule has 1 aliphatic heterocycles. The number of rotatable bonds is 3. The van der Waals surface area contributed by atoms with Gasteiger partial charge in [-0.3, -0.25) is 9.78 Å². The third-order valence-electron chi connectivity index (χ3n) is 4.45. The molecule has 0 unspecified atom stereocenters. The van der Waals surface area contributed by atoms with Gasteiger partial charge >= 0.3 is 0 Å². The number of amides is 1. The van der Waals surface area contributed by atoms with Crippen LogP contribution in [0.25, 0.3) is 11.0 Å². The SMILES string of the molecule is CCN1C(=O)CCc2cc(Nc3cnc4cc(F)c(F)cc4n3)ccc21. The van der Waals surface area contributed by atoms with Gasteiger partial charge in [-0.25, -0.2) is 13.8 Å². The van der Waals surface area contributed by atoms with Crippen molar-refractivity contribution in [3.05, 3.63) is 53.7 Å². The Morgan fingerprint density at radius 3 is 2.65 bits per heavy atom. The van der Waals surface area contributed by atoms with Crippen LogP contribution < -0.4 is 10.2 Å². The maximum absolute atomic E-state index is 13.4. The molecule has 1 aliphatic rings. The predicted octanol–water partition coefficient (Wildman–Crippen LogP) is 3.95. The van der Waals surface area contributed by atoms with Crippen LogP contribution in [0, 0.1) is 11.6 Å². The van der Waals surface area contributed by atoms with Gasteiger partial charge in [0, 0.05) is 36.5 Å². The summed E-state index contributed by atoms with van der Waals surface area (Å²) in [5, 5.41) is 3.13. The molecule has 0 spiro atoms. The first-order valence-corrected chi connectivity index (χ1v) is 8.37. The molecule has 0 fully saturated rings. The van der Waals surface area contributed by atoms with Crippen LogP contribution in [0.3, 0.4) is 0 Å². The maximum Gasteiger partial charge on any atom is 0.227 e. The largest absolute Gasteiger partial charge is 0.339 e. The first-order chi connectivity index (χ1) is 12.5. The molecule has 1 N–H and O–H groups in total. The summed E-state index contributed by atoms with van der Waals surface area (Å²) in [4.78, 5) is 22.1. The van der Waals surface area contributed by atoms with E-state index in [-0.39, 0.29) is 16.9 Å². The van der Waals surface area contributed by atoms with Gasteiger partial charge in [0.2, 0.25) is 5.91 Å². The lowest BCUT2D eigenvalue weighted by molar-refractivity contribution is -0.118. The maximum atomic E-state index is 13.4. The molecule has 0 saturated carbocycles. The van der Waals surface area contributed by atoms with E-state index in [1.807, 2.05) is 25.1 Å². The Morgan fingerprint density at radius 1 is 1.12 bits per heavy atom. The lowest BCUT2D eigenvalue weighted by Crippen LogP contribution is -2.34. The first-order valence-electron chi connectivity index (χ1n) is 8.37. The highest BCUT2D eigenvalue weighted by molar-refractivity contribution is 5.96. The van der Waals surface area contributed by atoms with E-state index >= 15 is 0 Å². The van der Waals surface area contributed by atoms with E-state index in [4.69, 9.17) is 0 Å². The average molecular weight is 354 g/mol. The minimum absolute atomic E-state index is 0.135. The van der Waals surface area contributed by atoms with E-state index in [1.165, 1.54) is 6.20 Å². The van der Waals surface area contributed by atoms with Crippen molar-refractivity contribution in [2.45, 2.75) is 19.8 Å². The zero-order chi connectivity index (χ0) is 18.3. The second-order valence-electron chi connectivity index (χ2n) is 6.12. The molecule has 2 aromatic carbocycles. The number of hydrogen-bond donors (Lipinski definition) is 1. The molecule has 1 amide bonds. The minimum Gasteiger partial charge on any atom is -0.339 e. The van der Waals surface area contributed by atoms with Gasteiger partial charge in [0.15, 0.2) is 11.6 Å². The van der Waals surface area contributed by atoms with Crippen LogP contribution in [-0.4, -0.2) is 22.4 Å². The van der Waals surface area contributed by atoms with Crippen molar-refractivity contribution >= 4 is 34.1 Å². The zero-order valence-electron chi connectivity index (χ0n) is 14.1. The number of halogens is 2. The highest BCUT2D eigenvalue weighted by Gasteiger charge is 2.22. The van der Waals surface area contributed by atoms with Gasteiger partial charge in [0.1, 0.15) is 5.82 Å². The van der Waals surface area contributed by atoms with E-state index < -0.39 is 11.6 Å². The number of anilines is 3. The number of hydrogen-bond acceptors (Lipinski definition) is 4. The van der Waals surface area contributed by atoms with Crippen molar-refractivity contribution in [1.82, 2.24) is 9.97 Å². The van der Waals surface area contributed by atoms with Gasteiger partial charge in [-0.1, -0.05) is 0 Å². The Morgan fingerprint density at radius 2 is 1.88 bits per heavy atom. The predicted molar refractivity (Wildman–Crippen MR) is 95.5 cm³/mol. The molecule has 0 radical (unpaired) electrons. The molecule has 4 rings (SSSR count). The van der Waals surface area contributed by atoms with E-state index in [1.54, 1.807) is 4.90 Å². The Kier molecular flexibility index (Phi) is 3.99. The summed E-state index contributed by atoms with van der Waals surface area (Å²) in [5.41, 5.74) is 3.37. The number of fused-ring (bicyclic) bond motifs is 2. The zero-order valence-corrected chi connectivity index (χ0v) is 14.1. The van der Waals surface area contributed by atoms with Crippen LogP contribution in [-0.2, 0) is 11.2 Å². The molecule has 1 aromatic heterocycles. The quantitative estimate of drug-likeness (QED) is 0.774. The lowest BCUT2D eigenvalue weighted by Gasteiger charge is -2.28. The Hall–Kier alpha value is -3.09. The van der Waals surface area contributed by atoms with Crippen LogP contribution in [0.2, 0.25) is 0 Å². The van der Waals surface area contributed by atoms with Gasteiger partial charge in [0.25, 0.3) is 0 Å². The van der Waals surface area contributed by atoms with Crippen LogP contribution in [0.1, 0.15) is 18.9 Å². The number of benzene rings is 2. The standard InChI is InChI=1S/C19H16F2N4O/c1-2-25-17-5-4-12(7-11(17)3-6-19(25)26)23-18-10-22-15-8-13(20)14(21)9-16(15)24-18/h4-5,7-10H,2-3,6H2,1H3,(H,23,24). The molecular formula is C19H16F2N4O. The molecule has 0 aliphatic carbocycles. The molecule has 2 heterocycles. The van der Waals surface area contributed by atoms with Gasteiger partial charge in [-0.2, -0.15) is 0 Å². The third-order valence-corrected chi connectivity index (χ3v) is 4.45. The molecule has 0 bridgehead atoms. The fourth-order valence-corrected chi connectivity index (χ4v) is 3.20. The monoisotopic (exact) mass is 354 g/mol. The van der Waals surface area contributed by atoms with E-state index in [2.05, 4.69) is 15.3 Å². The Balaban J connectivity index is 1.64. The fraction of sp³-hybridized carbons (Fsp3) is 0.211. The first kappa shape index (κ1) is 16.4. The Labute approximate surface area is 148 Å². The molecule has 26 heavy (non-hydrogen) atoms. The van der Waals surface area contributed by atoms with Crippen molar-refractivity contribution in [2.24, 2.45) is 0 Å². The van der Waals surface area contributed by atoms with Crippen molar-refractivity contribution in [3.63, 3.8) is 0 Å². The van der Waals surface area contributed by atoms with Gasteiger partial charge < -0.3 is 10.2 Å². The number of nitrogens with one attached hydrogen (secondary N) is 1. The van der Waals surface area contributed by atoms with Crippen molar-refractivity contribution < 1.29 is 13.6 Å². The minimum atomic E-state index is -0.956. The number of aromatic nitrogens is 2. The highest BCUT2D eigenvalue weighted by atomic mass is 19.2. The second-order valence-corrected chi connectivity index (χ2v) is 6.12. The lowest BCUT2D eigenvalue weighted by atomic mass is 10.0. The summed E-state index contributed by atoms with van der Waals surface area (Å²) in [5.74, 6) is -1.34. The third kappa shape index (κ3) is 2.85. The molecule has 3 aromatic rings. The van der Waals surface area contributed by atoms with E-state index in [9.17, 15) is 13.6 Å². The molecular weight excluding hydrogens is 338 g/mol. The summed E-state index contributed by atoms with van der Waals surface area (Å²) < 4.78 is 26.7. The van der Waals surface area contributed by atoms with Gasteiger partial charge in [0.05, 0.1) is 17.2 Å². The summed E-state index contributed by atoms with van der Waals surface area (Å²) >= 11 is 0. The number of carbonyl (C=O) groups excluding carboxylic acids is 1. The summed E-state index contributed by atoms with van der Waals surface area (Å²) in [6, 6.07) is 7.79. The van der Waals surface area contributed by atoms with Crippen molar-refractivity contribution in [3.8, 4) is 0 Å². The summed E-state index contributed by atoms with van der Waals surface area (Å²) in [6.45, 7) is 2.59. The molecule has 0 atom stereocenters. The van der Waals surface area contributed by atoms with Crippen LogP contribution in [0.4, 0.5) is 26.0 Å². The normalized spacial score (nSPS) is 13.8. The van der Waals surface area contributed by atoms with Crippen LogP contribution in [0.15, 0.2) is 36.5 Å². The number of nitrogens with zero attached hydrogens (tertiary/aromatic N) is 3. The average Bonchev–Trinajstić information content (AvgIpc) is 2.63. The van der Waals surface area contributed by atoms with Crippen LogP contribution >= 0.6 is 0 Å². The Bertz CT molecular complexity index is 1020. The van der Waals surface area contributed by atoms with E-state index in [0.29, 0.717) is 25.2 Å². The van der Waals surface area contributed by atoms with Crippen LogP contribution in [0.5, 0.6) is 0 Å². The van der Waals surface area contributed by atoms with E-state index in [0.717, 1.165) is 29.1 Å². The fourth-order valence-electron chi connectivity index (χ4n) is 3.20. The molecule has 132 valence electrons. The molecule has 0 saturated heterocycles. The number of aryl methyl sites for hydroxylation is 1. The summed E-state index contributed by atoms with van der Waals surface area (Å²) in [6.07, 6.45) is 2.65. The van der Waals surface area contributed by atoms with Crippen molar-refractivity contribution in [2.75, 3.05) is 16.8 Å². The summed E-state index contributed by atoms with van der Waals surface area (Å²) in [7, 11) is 0. The smallest absolute Gasteiger partial charge is 0.227 e. The molecule has 7 heteroatoms. The molecule has 5 nitrogen and oxygen atoms in total. The van der Waals surface area contributed by atoms with Gasteiger partial charge in [-0.05, 0) is 37.1 Å². The topological polar surface area (TPSA) is 58.1 Å².